The molecule has 38 heavy (non-hydrogen) atoms. The van der Waals surface area contributed by atoms with Gasteiger partial charge in [-0.25, -0.2) is 0 Å². The second kappa shape index (κ2) is 9.36. The molecule has 2 aliphatic heterocycles. The minimum Gasteiger partial charge on any atom is -0.358 e. The lowest BCUT2D eigenvalue weighted by Crippen LogP contribution is -2.59. The molecular formula is C22H12B6ClF2N3O4. The molecule has 2 N–H and O–H groups in total. The number of carbonyl (C=O) groups is 4. The zero-order valence-electron chi connectivity index (χ0n) is 19.6. The number of piperidine rings is 1. The van der Waals surface area contributed by atoms with Crippen LogP contribution in [0.1, 0.15) is 39.9 Å². The highest BCUT2D eigenvalue weighted by molar-refractivity contribution is 6.55. The molecule has 2 heterocycles. The van der Waals surface area contributed by atoms with Crippen LogP contribution < -0.4 is 21.6 Å². The zero-order valence-corrected chi connectivity index (χ0v) is 20.3. The first kappa shape index (κ1) is 28.1. The van der Waals surface area contributed by atoms with Gasteiger partial charge < -0.3 is 10.2 Å². The number of nitrogens with one attached hydrogen (secondary N) is 2. The minimum atomic E-state index is -4.09. The van der Waals surface area contributed by atoms with E-state index in [9.17, 15) is 28.0 Å². The Morgan fingerprint density at radius 3 is 2.29 bits per heavy atom. The first-order valence-corrected chi connectivity index (χ1v) is 11.4. The lowest BCUT2D eigenvalue weighted by molar-refractivity contribution is -0.147. The van der Waals surface area contributed by atoms with Gasteiger partial charge in [-0.15, -0.1) is 0 Å². The van der Waals surface area contributed by atoms with Gasteiger partial charge in [0.15, 0.2) is 0 Å². The molecule has 1 fully saturated rings. The number of nitrogens with zero attached hydrogens (tertiary/aromatic N) is 1. The van der Waals surface area contributed by atoms with Gasteiger partial charge in [-0.05, 0) is 40.4 Å². The van der Waals surface area contributed by atoms with Crippen molar-refractivity contribution in [2.24, 2.45) is 0 Å². The Hall–Kier alpha value is -2.94. The maximum Gasteiger partial charge on any atom is 0.349 e. The molecule has 7 nitrogen and oxygen atoms in total. The van der Waals surface area contributed by atoms with Crippen molar-refractivity contribution in [2.45, 2.75) is 35.5 Å². The van der Waals surface area contributed by atoms with Crippen molar-refractivity contribution >= 4 is 93.2 Å². The van der Waals surface area contributed by atoms with Crippen LogP contribution in [0.2, 0.25) is 5.02 Å². The summed E-state index contributed by atoms with van der Waals surface area (Å²) < 4.78 is 29.7. The van der Waals surface area contributed by atoms with Gasteiger partial charge in [0.2, 0.25) is 11.8 Å². The molecule has 0 aliphatic carbocycles. The lowest BCUT2D eigenvalue weighted by atomic mass is 9.51. The van der Waals surface area contributed by atoms with E-state index in [4.69, 9.17) is 58.7 Å². The number of rotatable bonds is 5. The molecule has 1 unspecified atom stereocenters. The van der Waals surface area contributed by atoms with Crippen LogP contribution in [0.25, 0.3) is 0 Å². The quantitative estimate of drug-likeness (QED) is 0.352. The third-order valence-electron chi connectivity index (χ3n) is 6.45. The summed E-state index contributed by atoms with van der Waals surface area (Å²) in [6.45, 7) is 0. The molecule has 2 aromatic rings. The number of hydrogen-bond acceptors (Lipinski definition) is 4. The number of hydrogen-bond donors (Lipinski definition) is 2. The molecule has 16 heteroatoms. The Kier molecular flexibility index (Phi) is 6.92. The number of halogens is 3. The zero-order chi connectivity index (χ0) is 28.4. The number of imide groups is 1. The maximum atomic E-state index is 14.8. The number of amides is 4. The molecule has 0 aromatic heterocycles. The summed E-state index contributed by atoms with van der Waals surface area (Å²) in [6, 6.07) is 4.05. The molecule has 4 amide bonds. The third-order valence-corrected chi connectivity index (χ3v) is 6.70. The standard InChI is InChI=1S/C22H12B6ClF2N3O4/c23-15-11(21(25,26)33-19(38)20(30,31)8-1-3-9(29)4-2-8)7-10-14(16(15)24)18(37)34(22(10,27)28)12-5-6-13(35)32-17(12)36/h1-4,7,12H,5-6H2,(H,33,38)(H,32,35,36). The van der Waals surface area contributed by atoms with E-state index >= 15 is 0 Å². The monoisotopic (exact) mass is 521 g/mol. The Morgan fingerprint density at radius 1 is 1.11 bits per heavy atom. The maximum absolute atomic E-state index is 14.8. The molecule has 0 bridgehead atoms. The number of fused-ring (bicyclic) bond motifs is 1. The summed E-state index contributed by atoms with van der Waals surface area (Å²) in [4.78, 5) is 50.7. The number of alkyl halides is 2. The van der Waals surface area contributed by atoms with Crippen molar-refractivity contribution in [1.29, 1.82) is 0 Å². The van der Waals surface area contributed by atoms with Crippen LogP contribution in [-0.4, -0.2) is 81.6 Å². The SMILES string of the molecule is [B]c1c(C([B])([B])NC(=O)C(F)(F)c2ccc(Cl)cc2)cc2c(c1[B])C(=O)N(C1CCC(=O)NC1=O)C2([B])[B]. The molecule has 0 saturated carbocycles. The Bertz CT molecular complexity index is 1390. The minimum absolute atomic E-state index is 0.0731. The molecule has 2 aliphatic rings. The predicted molar refractivity (Wildman–Crippen MR) is 139 cm³/mol. The number of benzene rings is 2. The van der Waals surface area contributed by atoms with Crippen LogP contribution in [0.4, 0.5) is 8.78 Å². The molecule has 12 radical (unpaired) electrons. The van der Waals surface area contributed by atoms with Crippen molar-refractivity contribution in [3.8, 4) is 0 Å². The van der Waals surface area contributed by atoms with Crippen LogP contribution in [0, 0.1) is 0 Å². The van der Waals surface area contributed by atoms with Crippen molar-refractivity contribution in [2.75, 3.05) is 0 Å². The van der Waals surface area contributed by atoms with Gasteiger partial charge in [0, 0.05) is 22.6 Å². The lowest BCUT2D eigenvalue weighted by Gasteiger charge is -2.41. The first-order chi connectivity index (χ1) is 17.5. The van der Waals surface area contributed by atoms with Crippen molar-refractivity contribution in [3.63, 3.8) is 0 Å². The summed E-state index contributed by atoms with van der Waals surface area (Å²) in [5.41, 5.74) is -2.35. The predicted octanol–water partition coefficient (Wildman–Crippen LogP) is -2.01. The van der Waals surface area contributed by atoms with E-state index in [-0.39, 0.29) is 34.6 Å². The largest absolute Gasteiger partial charge is 0.358 e. The summed E-state index contributed by atoms with van der Waals surface area (Å²) in [7, 11) is 36.7. The van der Waals surface area contributed by atoms with E-state index in [2.05, 4.69) is 5.32 Å². The Labute approximate surface area is 229 Å². The van der Waals surface area contributed by atoms with Gasteiger partial charge in [-0.1, -0.05) is 40.7 Å². The van der Waals surface area contributed by atoms with Gasteiger partial charge in [0.1, 0.15) is 21.7 Å². The van der Waals surface area contributed by atoms with Gasteiger partial charge in [-0.2, -0.15) is 8.78 Å². The van der Waals surface area contributed by atoms with Crippen molar-refractivity contribution < 1.29 is 28.0 Å². The fraction of sp³-hybridized carbons (Fsp3) is 0.273. The summed E-state index contributed by atoms with van der Waals surface area (Å²) in [6.07, 6.45) is -0.158. The van der Waals surface area contributed by atoms with Crippen molar-refractivity contribution in [3.05, 3.63) is 57.6 Å². The summed E-state index contributed by atoms with van der Waals surface area (Å²) >= 11 is 5.72. The third kappa shape index (κ3) is 4.48. The second-order valence-corrected chi connectivity index (χ2v) is 9.48. The molecule has 1 saturated heterocycles. The molecule has 4 rings (SSSR count). The van der Waals surface area contributed by atoms with Gasteiger partial charge in [0.25, 0.3) is 11.8 Å². The molecule has 178 valence electrons. The van der Waals surface area contributed by atoms with Gasteiger partial charge >= 0.3 is 5.92 Å². The topological polar surface area (TPSA) is 95.6 Å². The molecule has 0 spiro atoms. The van der Waals surface area contributed by atoms with Crippen LogP contribution in [-0.2, 0) is 31.0 Å². The van der Waals surface area contributed by atoms with E-state index in [1.165, 1.54) is 12.1 Å². The average Bonchev–Trinajstić information content (AvgIpc) is 3.01. The van der Waals surface area contributed by atoms with E-state index in [1.807, 2.05) is 5.32 Å². The van der Waals surface area contributed by atoms with Gasteiger partial charge in [0.05, 0.1) is 31.4 Å². The van der Waals surface area contributed by atoms with E-state index in [0.717, 1.165) is 23.1 Å². The molecule has 1 atom stereocenters. The fourth-order valence-corrected chi connectivity index (χ4v) is 4.60. The molecular weight excluding hydrogens is 509 g/mol. The highest BCUT2D eigenvalue weighted by Gasteiger charge is 2.50. The highest BCUT2D eigenvalue weighted by Crippen LogP contribution is 2.38. The smallest absolute Gasteiger partial charge is 0.349 e. The van der Waals surface area contributed by atoms with Crippen LogP contribution in [0.5, 0.6) is 0 Å². The van der Waals surface area contributed by atoms with Gasteiger partial charge in [-0.3, -0.25) is 24.5 Å². The summed E-state index contributed by atoms with van der Waals surface area (Å²) in [5, 5.41) is -0.636. The van der Waals surface area contributed by atoms with Crippen LogP contribution in [0.15, 0.2) is 30.3 Å². The number of carbonyl (C=O) groups excluding carboxylic acids is 4. The van der Waals surface area contributed by atoms with E-state index in [1.54, 1.807) is 0 Å². The van der Waals surface area contributed by atoms with Crippen molar-refractivity contribution in [1.82, 2.24) is 15.5 Å². The normalized spacial score (nSPS) is 19.2. The van der Waals surface area contributed by atoms with Crippen LogP contribution in [0.3, 0.4) is 0 Å². The summed E-state index contributed by atoms with van der Waals surface area (Å²) in [5.74, 6) is -8.18. The second-order valence-electron chi connectivity index (χ2n) is 9.05. The first-order valence-electron chi connectivity index (χ1n) is 11.0. The average molecular weight is 521 g/mol. The highest BCUT2D eigenvalue weighted by atomic mass is 35.5. The Balaban J connectivity index is 1.72. The van der Waals surface area contributed by atoms with Crippen LogP contribution >= 0.6 is 11.6 Å². The van der Waals surface area contributed by atoms with E-state index in [0.29, 0.717) is 0 Å². The molecule has 2 aromatic carbocycles. The Morgan fingerprint density at radius 2 is 1.71 bits per heavy atom. The van der Waals surface area contributed by atoms with E-state index < -0.39 is 62.8 Å². The fourth-order valence-electron chi connectivity index (χ4n) is 4.48.